The molecule has 1 saturated heterocycles. The number of nitrogens with zero attached hydrogens (tertiary/aromatic N) is 3. The molecule has 0 bridgehead atoms. The third-order valence-electron chi connectivity index (χ3n) is 5.55. The van der Waals surface area contributed by atoms with Crippen LogP contribution in [0.4, 0.5) is 0 Å². The molecule has 1 unspecified atom stereocenters. The fraction of sp³-hybridized carbons (Fsp3) is 0.611. The molecular formula is C18H23N5O2. The molecule has 3 N–H and O–H groups in total. The van der Waals surface area contributed by atoms with Crippen LogP contribution < -0.4 is 5.73 Å². The molecule has 4 rings (SSSR count). The van der Waals surface area contributed by atoms with Crippen molar-refractivity contribution in [2.45, 2.75) is 38.5 Å². The third kappa shape index (κ3) is 2.28. The minimum absolute atomic E-state index is 0.0849. The van der Waals surface area contributed by atoms with Gasteiger partial charge in [0.05, 0.1) is 18.8 Å². The summed E-state index contributed by atoms with van der Waals surface area (Å²) in [4.78, 5) is 6.67. The molecule has 1 atom stereocenters. The summed E-state index contributed by atoms with van der Waals surface area (Å²) in [5.41, 5.74) is 6.50. The van der Waals surface area contributed by atoms with Crippen LogP contribution in [0.2, 0.25) is 0 Å². The summed E-state index contributed by atoms with van der Waals surface area (Å²) in [6.45, 7) is 2.58. The molecule has 4 aliphatic rings. The predicted octanol–water partition coefficient (Wildman–Crippen LogP) is 2.03. The lowest BCUT2D eigenvalue weighted by Gasteiger charge is -2.37. The number of aliphatic imine (C=N–C) groups is 1. The number of morpholine rings is 1. The van der Waals surface area contributed by atoms with Gasteiger partial charge in [0.25, 0.3) is 0 Å². The van der Waals surface area contributed by atoms with Crippen LogP contribution in [0.5, 0.6) is 0 Å². The number of nitrogens with two attached hydrogens (primary N) is 1. The van der Waals surface area contributed by atoms with E-state index in [9.17, 15) is 5.26 Å². The van der Waals surface area contributed by atoms with Gasteiger partial charge in [-0.1, -0.05) is 12.8 Å². The number of hydrogen-bond donors (Lipinski definition) is 2. The fourth-order valence-electron chi connectivity index (χ4n) is 4.36. The standard InChI is InChI=1S/C18H23N5O2/c19-11-13-15(20)22-17(23-7-9-24-10-8-23)18(13)12-5-3-1-2-4-6-14(12)25-16(18)21/h21H,1-10,20H2. The Kier molecular flexibility index (Phi) is 4.00. The van der Waals surface area contributed by atoms with Crippen LogP contribution in [0.1, 0.15) is 38.5 Å². The smallest absolute Gasteiger partial charge is 0.210 e. The Labute approximate surface area is 147 Å². The number of ether oxygens (including phenoxy) is 2. The molecule has 0 aromatic heterocycles. The van der Waals surface area contributed by atoms with Crippen molar-refractivity contribution in [3.05, 3.63) is 22.7 Å². The molecule has 1 aliphatic carbocycles. The van der Waals surface area contributed by atoms with Crippen molar-refractivity contribution in [1.29, 1.82) is 10.7 Å². The summed E-state index contributed by atoms with van der Waals surface area (Å²) >= 11 is 0. The first-order chi connectivity index (χ1) is 12.2. The highest BCUT2D eigenvalue weighted by Crippen LogP contribution is 2.53. The van der Waals surface area contributed by atoms with Crippen LogP contribution in [-0.2, 0) is 9.47 Å². The van der Waals surface area contributed by atoms with Gasteiger partial charge in [-0.3, -0.25) is 5.41 Å². The zero-order valence-electron chi connectivity index (χ0n) is 14.3. The molecular weight excluding hydrogens is 318 g/mol. The van der Waals surface area contributed by atoms with E-state index in [-0.39, 0.29) is 11.7 Å². The Morgan fingerprint density at radius 1 is 1.16 bits per heavy atom. The first kappa shape index (κ1) is 16.2. The van der Waals surface area contributed by atoms with Crippen molar-refractivity contribution >= 4 is 11.7 Å². The monoisotopic (exact) mass is 341 g/mol. The highest BCUT2D eigenvalue weighted by Gasteiger charge is 2.59. The Morgan fingerprint density at radius 2 is 1.88 bits per heavy atom. The topological polar surface area (TPSA) is 108 Å². The molecule has 0 aromatic carbocycles. The number of amidine groups is 1. The zero-order valence-corrected chi connectivity index (χ0v) is 14.3. The highest BCUT2D eigenvalue weighted by molar-refractivity contribution is 6.17. The van der Waals surface area contributed by atoms with E-state index in [4.69, 9.17) is 20.6 Å². The highest BCUT2D eigenvalue weighted by atomic mass is 16.5. The van der Waals surface area contributed by atoms with E-state index in [2.05, 4.69) is 16.0 Å². The van der Waals surface area contributed by atoms with Gasteiger partial charge in [-0.15, -0.1) is 0 Å². The van der Waals surface area contributed by atoms with Crippen LogP contribution in [0.25, 0.3) is 0 Å². The van der Waals surface area contributed by atoms with Crippen LogP contribution in [0.15, 0.2) is 27.7 Å². The quantitative estimate of drug-likeness (QED) is 0.701. The van der Waals surface area contributed by atoms with Gasteiger partial charge >= 0.3 is 0 Å². The second kappa shape index (κ2) is 6.19. The Morgan fingerprint density at radius 3 is 2.60 bits per heavy atom. The lowest BCUT2D eigenvalue weighted by Crippen LogP contribution is -2.51. The summed E-state index contributed by atoms with van der Waals surface area (Å²) in [5, 5.41) is 18.5. The Balaban J connectivity index is 1.86. The minimum Gasteiger partial charge on any atom is -0.446 e. The van der Waals surface area contributed by atoms with E-state index < -0.39 is 5.41 Å². The Bertz CT molecular complexity index is 739. The molecule has 0 saturated carbocycles. The fourth-order valence-corrected chi connectivity index (χ4v) is 4.36. The number of hydrogen-bond acceptors (Lipinski definition) is 7. The van der Waals surface area contributed by atoms with Crippen molar-refractivity contribution in [1.82, 2.24) is 4.90 Å². The second-order valence-electron chi connectivity index (χ2n) is 6.90. The molecule has 25 heavy (non-hydrogen) atoms. The van der Waals surface area contributed by atoms with Gasteiger partial charge < -0.3 is 20.1 Å². The van der Waals surface area contributed by atoms with Crippen molar-refractivity contribution in [2.24, 2.45) is 16.1 Å². The molecule has 0 aromatic rings. The molecule has 3 heterocycles. The van der Waals surface area contributed by atoms with Gasteiger partial charge in [-0.2, -0.15) is 5.26 Å². The average molecular weight is 341 g/mol. The molecule has 7 nitrogen and oxygen atoms in total. The molecule has 1 fully saturated rings. The number of allylic oxidation sites excluding steroid dienone is 1. The maximum atomic E-state index is 9.83. The van der Waals surface area contributed by atoms with Crippen molar-refractivity contribution < 1.29 is 9.47 Å². The number of rotatable bonds is 0. The third-order valence-corrected chi connectivity index (χ3v) is 5.55. The largest absolute Gasteiger partial charge is 0.446 e. The summed E-state index contributed by atoms with van der Waals surface area (Å²) in [6.07, 6.45) is 6.05. The van der Waals surface area contributed by atoms with Gasteiger partial charge in [0.1, 0.15) is 23.5 Å². The maximum Gasteiger partial charge on any atom is 0.210 e. The van der Waals surface area contributed by atoms with E-state index in [1.54, 1.807) is 0 Å². The zero-order chi connectivity index (χ0) is 17.4. The number of nitrogens with one attached hydrogen (secondary N) is 1. The van der Waals surface area contributed by atoms with E-state index in [0.29, 0.717) is 37.7 Å². The summed E-state index contributed by atoms with van der Waals surface area (Å²) in [5.74, 6) is 1.84. The first-order valence-electron chi connectivity index (χ1n) is 9.01. The first-order valence-corrected chi connectivity index (χ1v) is 9.01. The second-order valence-corrected chi connectivity index (χ2v) is 6.90. The lowest BCUT2D eigenvalue weighted by atomic mass is 9.71. The summed E-state index contributed by atoms with van der Waals surface area (Å²) in [6, 6.07) is 2.24. The van der Waals surface area contributed by atoms with Crippen LogP contribution in [0, 0.1) is 22.2 Å². The average Bonchev–Trinajstić information content (AvgIpc) is 3.04. The van der Waals surface area contributed by atoms with Gasteiger partial charge in [0, 0.05) is 19.5 Å². The van der Waals surface area contributed by atoms with Crippen molar-refractivity contribution in [3.63, 3.8) is 0 Å². The van der Waals surface area contributed by atoms with Gasteiger partial charge in [0.15, 0.2) is 5.41 Å². The number of nitriles is 1. The molecule has 7 heteroatoms. The van der Waals surface area contributed by atoms with Crippen LogP contribution in [-0.4, -0.2) is 42.9 Å². The normalized spacial score (nSPS) is 30.0. The molecule has 0 radical (unpaired) electrons. The van der Waals surface area contributed by atoms with Crippen LogP contribution in [0.3, 0.4) is 0 Å². The number of fused-ring (bicyclic) bond motifs is 1. The van der Waals surface area contributed by atoms with Gasteiger partial charge in [-0.25, -0.2) is 4.99 Å². The minimum atomic E-state index is -1.01. The molecule has 0 amide bonds. The predicted molar refractivity (Wildman–Crippen MR) is 92.6 cm³/mol. The summed E-state index contributed by atoms with van der Waals surface area (Å²) in [7, 11) is 0. The van der Waals surface area contributed by atoms with E-state index in [0.717, 1.165) is 43.4 Å². The van der Waals surface area contributed by atoms with E-state index in [1.807, 2.05) is 0 Å². The summed E-state index contributed by atoms with van der Waals surface area (Å²) < 4.78 is 11.4. The maximum absolute atomic E-state index is 9.83. The Hall–Kier alpha value is -2.33. The van der Waals surface area contributed by atoms with E-state index >= 15 is 0 Å². The van der Waals surface area contributed by atoms with Gasteiger partial charge in [0.2, 0.25) is 5.90 Å². The van der Waals surface area contributed by atoms with Crippen LogP contribution >= 0.6 is 0 Å². The van der Waals surface area contributed by atoms with Crippen molar-refractivity contribution in [2.75, 3.05) is 26.3 Å². The lowest BCUT2D eigenvalue weighted by molar-refractivity contribution is 0.0661. The molecule has 1 spiro atoms. The molecule has 3 aliphatic heterocycles. The molecule has 132 valence electrons. The van der Waals surface area contributed by atoms with E-state index in [1.165, 1.54) is 6.42 Å². The van der Waals surface area contributed by atoms with Gasteiger partial charge in [-0.05, 0) is 24.8 Å². The van der Waals surface area contributed by atoms with Crippen molar-refractivity contribution in [3.8, 4) is 6.07 Å². The SMILES string of the molecule is N#CC1=C(N)N=C(N2CCOCC2)C12C(=N)OC1=C2CCCCCC1.